The molecule has 3 heteroatoms. The number of hydrogen-bond acceptors (Lipinski definition) is 2. The van der Waals surface area contributed by atoms with Gasteiger partial charge in [0.1, 0.15) is 5.82 Å². The van der Waals surface area contributed by atoms with Crippen LogP contribution >= 0.6 is 11.8 Å². The zero-order valence-corrected chi connectivity index (χ0v) is 10.3. The quantitative estimate of drug-likeness (QED) is 0.754. The van der Waals surface area contributed by atoms with E-state index in [9.17, 15) is 0 Å². The minimum Gasteiger partial charge on any atom is -0.334 e. The fourth-order valence-electron chi connectivity index (χ4n) is 1.58. The van der Waals surface area contributed by atoms with Crippen LogP contribution in [0.2, 0.25) is 0 Å². The van der Waals surface area contributed by atoms with E-state index in [0.717, 1.165) is 17.0 Å². The predicted octanol–water partition coefficient (Wildman–Crippen LogP) is 3.20. The van der Waals surface area contributed by atoms with E-state index < -0.39 is 0 Å². The average Bonchev–Trinajstić information content (AvgIpc) is 2.75. The lowest BCUT2D eigenvalue weighted by Gasteiger charge is -2.06. The highest BCUT2D eigenvalue weighted by Gasteiger charge is 2.06. The molecule has 82 valence electrons. The number of benzene rings is 1. The maximum Gasteiger partial charge on any atom is 0.139 e. The van der Waals surface area contributed by atoms with Crippen LogP contribution < -0.4 is 0 Å². The highest BCUT2D eigenvalue weighted by Crippen LogP contribution is 2.22. The summed E-state index contributed by atoms with van der Waals surface area (Å²) in [4.78, 5) is 5.55. The number of nitrogens with zero attached hydrogens (tertiary/aromatic N) is 2. The van der Waals surface area contributed by atoms with Crippen LogP contribution in [0.25, 0.3) is 5.57 Å². The Morgan fingerprint density at radius 3 is 2.50 bits per heavy atom. The minimum atomic E-state index is 0.914. The van der Waals surface area contributed by atoms with Gasteiger partial charge < -0.3 is 4.57 Å². The van der Waals surface area contributed by atoms with Gasteiger partial charge in [0.25, 0.3) is 0 Å². The van der Waals surface area contributed by atoms with Crippen LogP contribution in [0.5, 0.6) is 0 Å². The van der Waals surface area contributed by atoms with E-state index in [1.54, 1.807) is 18.0 Å². The summed E-state index contributed by atoms with van der Waals surface area (Å²) in [7, 11) is 1.98. The van der Waals surface area contributed by atoms with Gasteiger partial charge in [-0.05, 0) is 24.0 Å². The molecule has 16 heavy (non-hydrogen) atoms. The molecule has 0 N–H and O–H groups in total. The van der Waals surface area contributed by atoms with E-state index in [1.165, 1.54) is 4.90 Å². The number of hydrogen-bond donors (Lipinski definition) is 0. The largest absolute Gasteiger partial charge is 0.334 e. The normalized spacial score (nSPS) is 10.4. The Kier molecular flexibility index (Phi) is 3.15. The molecule has 0 saturated carbocycles. The summed E-state index contributed by atoms with van der Waals surface area (Å²) >= 11 is 1.74. The van der Waals surface area contributed by atoms with E-state index >= 15 is 0 Å². The van der Waals surface area contributed by atoms with E-state index in [1.807, 2.05) is 17.8 Å². The Hall–Kier alpha value is -1.48. The van der Waals surface area contributed by atoms with Crippen molar-refractivity contribution in [3.8, 4) is 0 Å². The molecular formula is C13H14N2S. The Morgan fingerprint density at radius 2 is 2.00 bits per heavy atom. The third kappa shape index (κ3) is 2.04. The van der Waals surface area contributed by atoms with Crippen LogP contribution in [-0.2, 0) is 7.05 Å². The molecule has 0 aliphatic heterocycles. The Bertz CT molecular complexity index is 497. The average molecular weight is 230 g/mol. The van der Waals surface area contributed by atoms with Crippen LogP contribution in [0.15, 0.2) is 48.1 Å². The fraction of sp³-hybridized carbons (Fsp3) is 0.154. The van der Waals surface area contributed by atoms with Gasteiger partial charge in [-0.25, -0.2) is 4.98 Å². The summed E-state index contributed by atoms with van der Waals surface area (Å²) in [5, 5.41) is 0. The van der Waals surface area contributed by atoms with Crippen molar-refractivity contribution < 1.29 is 0 Å². The highest BCUT2D eigenvalue weighted by molar-refractivity contribution is 7.98. The fourth-order valence-corrected chi connectivity index (χ4v) is 1.99. The van der Waals surface area contributed by atoms with Crippen LogP contribution in [-0.4, -0.2) is 15.8 Å². The van der Waals surface area contributed by atoms with Gasteiger partial charge in [0.05, 0.1) is 0 Å². The van der Waals surface area contributed by atoms with Gasteiger partial charge in [-0.15, -0.1) is 11.8 Å². The number of aryl methyl sites for hydroxylation is 1. The van der Waals surface area contributed by atoms with Gasteiger partial charge >= 0.3 is 0 Å². The minimum absolute atomic E-state index is 0.914. The first-order valence-corrected chi connectivity index (χ1v) is 6.26. The molecule has 2 rings (SSSR count). The molecule has 0 aliphatic carbocycles. The summed E-state index contributed by atoms with van der Waals surface area (Å²) in [5.41, 5.74) is 2.08. The van der Waals surface area contributed by atoms with Crippen molar-refractivity contribution >= 4 is 17.3 Å². The van der Waals surface area contributed by atoms with E-state index in [2.05, 4.69) is 42.1 Å². The van der Waals surface area contributed by atoms with Crippen LogP contribution in [0.3, 0.4) is 0 Å². The third-order valence-electron chi connectivity index (χ3n) is 2.53. The van der Waals surface area contributed by atoms with Gasteiger partial charge in [-0.3, -0.25) is 0 Å². The molecule has 0 fully saturated rings. The van der Waals surface area contributed by atoms with Crippen LogP contribution in [0.1, 0.15) is 11.4 Å². The summed E-state index contributed by atoms with van der Waals surface area (Å²) in [6.45, 7) is 4.09. The second-order valence-corrected chi connectivity index (χ2v) is 4.45. The highest BCUT2D eigenvalue weighted by atomic mass is 32.2. The lowest BCUT2D eigenvalue weighted by Crippen LogP contribution is -1.96. The molecule has 2 nitrogen and oxygen atoms in total. The first kappa shape index (κ1) is 11.0. The monoisotopic (exact) mass is 230 g/mol. The predicted molar refractivity (Wildman–Crippen MR) is 69.6 cm³/mol. The molecule has 0 amide bonds. The van der Waals surface area contributed by atoms with Crippen LogP contribution in [0, 0.1) is 0 Å². The number of aromatic nitrogens is 2. The van der Waals surface area contributed by atoms with E-state index in [-0.39, 0.29) is 0 Å². The molecule has 0 atom stereocenters. The van der Waals surface area contributed by atoms with Gasteiger partial charge in [0, 0.05) is 29.9 Å². The molecule has 2 aromatic rings. The van der Waals surface area contributed by atoms with Crippen LogP contribution in [0.4, 0.5) is 0 Å². The van der Waals surface area contributed by atoms with E-state index in [4.69, 9.17) is 0 Å². The molecule has 0 radical (unpaired) electrons. The molecule has 1 aromatic heterocycles. The maximum atomic E-state index is 4.29. The lowest BCUT2D eigenvalue weighted by atomic mass is 10.1. The molecule has 1 heterocycles. The van der Waals surface area contributed by atoms with E-state index in [0.29, 0.717) is 0 Å². The number of imidazole rings is 1. The van der Waals surface area contributed by atoms with Gasteiger partial charge in [0.15, 0.2) is 0 Å². The van der Waals surface area contributed by atoms with Crippen molar-refractivity contribution in [2.24, 2.45) is 7.05 Å². The molecular weight excluding hydrogens is 216 g/mol. The summed E-state index contributed by atoms with van der Waals surface area (Å²) in [5.74, 6) is 0.914. The lowest BCUT2D eigenvalue weighted by molar-refractivity contribution is 0.891. The molecule has 0 unspecified atom stereocenters. The molecule has 0 bridgehead atoms. The molecule has 0 saturated heterocycles. The first-order valence-electron chi connectivity index (χ1n) is 5.03. The zero-order valence-electron chi connectivity index (χ0n) is 9.47. The summed E-state index contributed by atoms with van der Waals surface area (Å²) < 4.78 is 1.98. The van der Waals surface area contributed by atoms with Gasteiger partial charge in [-0.1, -0.05) is 18.7 Å². The third-order valence-corrected chi connectivity index (χ3v) is 3.27. The Balaban J connectivity index is 2.31. The topological polar surface area (TPSA) is 17.8 Å². The van der Waals surface area contributed by atoms with Crippen molar-refractivity contribution in [2.45, 2.75) is 4.90 Å². The van der Waals surface area contributed by atoms with Crippen molar-refractivity contribution in [3.63, 3.8) is 0 Å². The zero-order chi connectivity index (χ0) is 11.5. The number of rotatable bonds is 3. The maximum absolute atomic E-state index is 4.29. The van der Waals surface area contributed by atoms with Crippen molar-refractivity contribution in [3.05, 3.63) is 54.6 Å². The first-order chi connectivity index (χ1) is 7.72. The Morgan fingerprint density at radius 1 is 1.31 bits per heavy atom. The van der Waals surface area contributed by atoms with Gasteiger partial charge in [-0.2, -0.15) is 0 Å². The standard InChI is InChI=1S/C13H14N2S/c1-10(13-14-8-9-15(13)2)11-4-6-12(16-3)7-5-11/h4-9H,1H2,2-3H3. The second-order valence-electron chi connectivity index (χ2n) is 3.57. The Labute approximate surface area is 100 Å². The van der Waals surface area contributed by atoms with Crippen molar-refractivity contribution in [2.75, 3.05) is 6.26 Å². The summed E-state index contributed by atoms with van der Waals surface area (Å²) in [6.07, 6.45) is 5.79. The summed E-state index contributed by atoms with van der Waals surface area (Å²) in [6, 6.07) is 8.38. The van der Waals surface area contributed by atoms with Crippen molar-refractivity contribution in [1.29, 1.82) is 0 Å². The SMILES string of the molecule is C=C(c1ccc(SC)cc1)c1nccn1C. The molecule has 0 aliphatic rings. The molecule has 1 aromatic carbocycles. The van der Waals surface area contributed by atoms with Crippen molar-refractivity contribution in [1.82, 2.24) is 9.55 Å². The number of thioether (sulfide) groups is 1. The second kappa shape index (κ2) is 4.58. The molecule has 0 spiro atoms. The van der Waals surface area contributed by atoms with Gasteiger partial charge in [0.2, 0.25) is 0 Å². The smallest absolute Gasteiger partial charge is 0.139 e.